The molecular weight excluding hydrogens is 376 g/mol. The number of nitrogens with one attached hydrogen (secondary N) is 1. The average molecular weight is 399 g/mol. The molecule has 0 atom stereocenters. The van der Waals surface area contributed by atoms with Crippen molar-refractivity contribution in [2.75, 3.05) is 13.6 Å². The van der Waals surface area contributed by atoms with Crippen molar-refractivity contribution in [2.45, 2.75) is 13.1 Å². The molecule has 2 aromatic heterocycles. The van der Waals surface area contributed by atoms with Gasteiger partial charge in [0.05, 0.1) is 12.0 Å². The number of hydrazine groups is 1. The van der Waals surface area contributed by atoms with Gasteiger partial charge in [0, 0.05) is 42.6 Å². The van der Waals surface area contributed by atoms with Gasteiger partial charge in [-0.2, -0.15) is 0 Å². The molecule has 146 valence electrons. The Bertz CT molecular complexity index is 935. The van der Waals surface area contributed by atoms with E-state index in [9.17, 15) is 0 Å². The smallest absolute Gasteiger partial charge is 0.152 e. The van der Waals surface area contributed by atoms with Crippen molar-refractivity contribution in [3.63, 3.8) is 0 Å². The molecule has 8 nitrogen and oxygen atoms in total. The zero-order valence-corrected chi connectivity index (χ0v) is 16.3. The minimum absolute atomic E-state index is 0.286. The van der Waals surface area contributed by atoms with Gasteiger partial charge in [0.25, 0.3) is 0 Å². The third-order valence-electron chi connectivity index (χ3n) is 4.24. The molecular formula is C19H23ClN8. The van der Waals surface area contributed by atoms with Crippen molar-refractivity contribution in [2.24, 2.45) is 16.7 Å². The van der Waals surface area contributed by atoms with Crippen LogP contribution in [0, 0.1) is 0 Å². The van der Waals surface area contributed by atoms with Crippen LogP contribution in [0.25, 0.3) is 11.4 Å². The summed E-state index contributed by atoms with van der Waals surface area (Å²) in [6.07, 6.45) is 5.44. The second kappa shape index (κ2) is 9.32. The van der Waals surface area contributed by atoms with Crippen LogP contribution in [0.5, 0.6) is 0 Å². The summed E-state index contributed by atoms with van der Waals surface area (Å²) in [5.74, 6) is 5.46. The van der Waals surface area contributed by atoms with Crippen molar-refractivity contribution < 1.29 is 0 Å². The van der Waals surface area contributed by atoms with Crippen LogP contribution in [-0.4, -0.2) is 38.9 Å². The summed E-state index contributed by atoms with van der Waals surface area (Å²) in [6, 6.07) is 11.5. The first-order valence-corrected chi connectivity index (χ1v) is 9.13. The lowest BCUT2D eigenvalue weighted by molar-refractivity contribution is 0.311. The van der Waals surface area contributed by atoms with Gasteiger partial charge >= 0.3 is 0 Å². The van der Waals surface area contributed by atoms with Gasteiger partial charge in [0.1, 0.15) is 5.69 Å². The van der Waals surface area contributed by atoms with E-state index < -0.39 is 0 Å². The SMILES string of the molecule is CN(CCn1cnc(-c2cc(/C(N)=N/NN)ccn2)c1)Cc1ccc(Cl)cc1. The number of pyridine rings is 1. The third-order valence-corrected chi connectivity index (χ3v) is 4.49. The number of amidine groups is 1. The third kappa shape index (κ3) is 5.29. The van der Waals surface area contributed by atoms with Gasteiger partial charge in [0.15, 0.2) is 5.84 Å². The lowest BCUT2D eigenvalue weighted by Crippen LogP contribution is -2.23. The number of nitrogens with zero attached hydrogens (tertiary/aromatic N) is 5. The van der Waals surface area contributed by atoms with Crippen molar-refractivity contribution >= 4 is 17.4 Å². The van der Waals surface area contributed by atoms with E-state index in [-0.39, 0.29) is 5.84 Å². The molecule has 0 spiro atoms. The summed E-state index contributed by atoms with van der Waals surface area (Å²) in [5, 5.41) is 4.53. The van der Waals surface area contributed by atoms with Crippen LogP contribution in [0.4, 0.5) is 0 Å². The number of halogens is 1. The zero-order chi connectivity index (χ0) is 19.9. The molecule has 3 aromatic rings. The Morgan fingerprint density at radius 1 is 1.21 bits per heavy atom. The maximum atomic E-state index is 5.93. The van der Waals surface area contributed by atoms with Crippen molar-refractivity contribution in [3.05, 3.63) is 71.3 Å². The second-order valence-corrected chi connectivity index (χ2v) is 6.85. The summed E-state index contributed by atoms with van der Waals surface area (Å²) < 4.78 is 2.04. The molecule has 28 heavy (non-hydrogen) atoms. The van der Waals surface area contributed by atoms with Crippen LogP contribution in [-0.2, 0) is 13.1 Å². The lowest BCUT2D eigenvalue weighted by Gasteiger charge is -2.16. The molecule has 0 saturated carbocycles. The number of benzene rings is 1. The van der Waals surface area contributed by atoms with Gasteiger partial charge < -0.3 is 15.2 Å². The largest absolute Gasteiger partial charge is 0.382 e. The minimum atomic E-state index is 0.286. The fourth-order valence-corrected chi connectivity index (χ4v) is 2.87. The van der Waals surface area contributed by atoms with Crippen LogP contribution in [0.15, 0.2) is 60.2 Å². The summed E-state index contributed by atoms with van der Waals surface area (Å²) in [5.41, 5.74) is 11.5. The Hall–Kier alpha value is -2.94. The molecule has 9 heteroatoms. The maximum absolute atomic E-state index is 5.93. The normalized spacial score (nSPS) is 11.8. The number of likely N-dealkylation sites (N-methyl/N-ethyl adjacent to an activating group) is 1. The molecule has 1 aromatic carbocycles. The highest BCUT2D eigenvalue weighted by Gasteiger charge is 2.08. The Balaban J connectivity index is 1.60. The molecule has 0 unspecified atom stereocenters. The van der Waals surface area contributed by atoms with Gasteiger partial charge in [-0.3, -0.25) is 4.98 Å². The number of aromatic nitrogens is 3. The van der Waals surface area contributed by atoms with E-state index in [1.165, 1.54) is 5.56 Å². The Morgan fingerprint density at radius 2 is 2.00 bits per heavy atom. The standard InChI is InChI=1S/C19H23ClN8/c1-27(11-14-2-4-16(20)5-3-14)8-9-28-12-18(24-13-28)17-10-15(6-7-23-17)19(21)25-26-22/h2-7,10,12-13,26H,8-9,11,22H2,1H3,(H2,21,25). The van der Waals surface area contributed by atoms with E-state index >= 15 is 0 Å². The van der Waals surface area contributed by atoms with Gasteiger partial charge in [-0.05, 0) is 36.9 Å². The predicted octanol–water partition coefficient (Wildman–Crippen LogP) is 1.81. The summed E-state index contributed by atoms with van der Waals surface area (Å²) >= 11 is 5.93. The fraction of sp³-hybridized carbons (Fsp3) is 0.211. The first kappa shape index (κ1) is 19.8. The zero-order valence-electron chi connectivity index (χ0n) is 15.6. The summed E-state index contributed by atoms with van der Waals surface area (Å²) in [6.45, 7) is 2.56. The van der Waals surface area contributed by atoms with Crippen LogP contribution >= 0.6 is 11.6 Å². The molecule has 0 bridgehead atoms. The number of hydrogen-bond acceptors (Lipinski definition) is 6. The Morgan fingerprint density at radius 3 is 2.75 bits per heavy atom. The summed E-state index contributed by atoms with van der Waals surface area (Å²) in [7, 11) is 2.09. The quantitative estimate of drug-likeness (QED) is 0.231. The predicted molar refractivity (Wildman–Crippen MR) is 111 cm³/mol. The molecule has 0 radical (unpaired) electrons. The van der Waals surface area contributed by atoms with Gasteiger partial charge in [-0.15, -0.1) is 5.10 Å². The van der Waals surface area contributed by atoms with Gasteiger partial charge in [-0.25, -0.2) is 16.4 Å². The molecule has 0 saturated heterocycles. The number of nitrogens with two attached hydrogens (primary N) is 2. The Labute approximate surface area is 168 Å². The van der Waals surface area contributed by atoms with Gasteiger partial charge in [0.2, 0.25) is 0 Å². The molecule has 5 N–H and O–H groups in total. The summed E-state index contributed by atoms with van der Waals surface area (Å²) in [4.78, 5) is 11.1. The van der Waals surface area contributed by atoms with E-state index in [1.807, 2.05) is 41.1 Å². The highest BCUT2D eigenvalue weighted by Crippen LogP contribution is 2.16. The van der Waals surface area contributed by atoms with Crippen molar-refractivity contribution in [3.8, 4) is 11.4 Å². The minimum Gasteiger partial charge on any atom is -0.382 e. The maximum Gasteiger partial charge on any atom is 0.152 e. The monoisotopic (exact) mass is 398 g/mol. The van der Waals surface area contributed by atoms with E-state index in [2.05, 4.69) is 32.6 Å². The molecule has 0 fully saturated rings. The van der Waals surface area contributed by atoms with Crippen molar-refractivity contribution in [1.82, 2.24) is 25.0 Å². The van der Waals surface area contributed by atoms with Crippen molar-refractivity contribution in [1.29, 1.82) is 0 Å². The second-order valence-electron chi connectivity index (χ2n) is 6.42. The average Bonchev–Trinajstić information content (AvgIpc) is 3.18. The highest BCUT2D eigenvalue weighted by molar-refractivity contribution is 6.30. The number of rotatable bonds is 8. The topological polar surface area (TPSA) is 110 Å². The van der Waals surface area contributed by atoms with E-state index in [1.54, 1.807) is 18.6 Å². The number of hydrogen-bond donors (Lipinski definition) is 3. The highest BCUT2D eigenvalue weighted by atomic mass is 35.5. The molecule has 0 aliphatic rings. The first-order chi connectivity index (χ1) is 13.5. The molecule has 2 heterocycles. The van der Waals surface area contributed by atoms with Crippen LogP contribution in [0.3, 0.4) is 0 Å². The van der Waals surface area contributed by atoms with Gasteiger partial charge in [-0.1, -0.05) is 23.7 Å². The molecule has 0 aliphatic heterocycles. The molecule has 0 amide bonds. The van der Waals surface area contributed by atoms with E-state index in [0.29, 0.717) is 0 Å². The number of imidazole rings is 1. The molecule has 0 aliphatic carbocycles. The van der Waals surface area contributed by atoms with Crippen LogP contribution in [0.2, 0.25) is 5.02 Å². The van der Waals surface area contributed by atoms with E-state index in [0.717, 1.165) is 41.6 Å². The fourth-order valence-electron chi connectivity index (χ4n) is 2.75. The van der Waals surface area contributed by atoms with Crippen LogP contribution in [0.1, 0.15) is 11.1 Å². The lowest BCUT2D eigenvalue weighted by atomic mass is 10.2. The van der Waals surface area contributed by atoms with E-state index in [4.69, 9.17) is 23.2 Å². The Kier molecular flexibility index (Phi) is 6.59. The number of hydrazone groups is 1. The molecule has 3 rings (SSSR count). The first-order valence-electron chi connectivity index (χ1n) is 8.75. The van der Waals surface area contributed by atoms with Crippen LogP contribution < -0.4 is 17.1 Å².